The molecule has 2 aromatic carbocycles. The highest BCUT2D eigenvalue weighted by Gasteiger charge is 2.09. The molecule has 19 heavy (non-hydrogen) atoms. The molecular weight excluding hydrogens is 246 g/mol. The first-order valence-corrected chi connectivity index (χ1v) is 5.32. The zero-order chi connectivity index (χ0) is 13.7. The van der Waals surface area contributed by atoms with Crippen LogP contribution in [-0.2, 0) is 0 Å². The molecule has 0 amide bonds. The lowest BCUT2D eigenvalue weighted by molar-refractivity contribution is -0.729. The van der Waals surface area contributed by atoms with E-state index in [1.54, 1.807) is 36.4 Å². The Kier molecular flexibility index (Phi) is 3.54. The van der Waals surface area contributed by atoms with Gasteiger partial charge in [-0.15, -0.1) is 0 Å². The molecule has 0 saturated carbocycles. The average molecular weight is 255 g/mol. The maximum Gasteiger partial charge on any atom is 0.385 e. The van der Waals surface area contributed by atoms with Crippen molar-refractivity contribution >= 4 is 22.7 Å². The predicted molar refractivity (Wildman–Crippen MR) is 66.9 cm³/mol. The van der Waals surface area contributed by atoms with Gasteiger partial charge in [0, 0.05) is 24.3 Å². The second-order valence-corrected chi connectivity index (χ2v) is 3.61. The first-order chi connectivity index (χ1) is 9.19. The van der Waals surface area contributed by atoms with E-state index in [-0.39, 0.29) is 10.6 Å². The molecular formula is C12H9N5O2+2. The van der Waals surface area contributed by atoms with Crippen molar-refractivity contribution in [3.63, 3.8) is 0 Å². The highest BCUT2D eigenvalue weighted by atomic mass is 16.6. The van der Waals surface area contributed by atoms with Crippen molar-refractivity contribution in [1.82, 2.24) is 0 Å². The second kappa shape index (κ2) is 5.46. The third-order valence-corrected chi connectivity index (χ3v) is 2.32. The van der Waals surface area contributed by atoms with Crippen molar-refractivity contribution in [2.24, 2.45) is 10.2 Å². The molecule has 7 heteroatoms. The Balaban J connectivity index is 2.13. The number of hydrogen-bond donors (Lipinski definition) is 1. The first kappa shape index (κ1) is 12.3. The van der Waals surface area contributed by atoms with Gasteiger partial charge in [-0.2, -0.15) is 10.2 Å². The number of benzene rings is 2. The summed E-state index contributed by atoms with van der Waals surface area (Å²) in [5.74, 6) is 0. The lowest BCUT2D eigenvalue weighted by Gasteiger charge is -1.91. The third-order valence-electron chi connectivity index (χ3n) is 2.32. The third kappa shape index (κ3) is 3.17. The van der Waals surface area contributed by atoms with Gasteiger partial charge in [-0.1, -0.05) is 0 Å². The van der Waals surface area contributed by atoms with Crippen LogP contribution in [0, 0.1) is 10.3 Å². The summed E-state index contributed by atoms with van der Waals surface area (Å²) < 4.78 is 0. The van der Waals surface area contributed by atoms with E-state index in [4.69, 9.17) is 10.6 Å². The van der Waals surface area contributed by atoms with Gasteiger partial charge in [0.05, 0.1) is 16.3 Å². The minimum absolute atomic E-state index is 0.118. The Morgan fingerprint density at radius 3 is 1.84 bits per heavy atom. The van der Waals surface area contributed by atoms with E-state index in [0.29, 0.717) is 17.1 Å². The van der Waals surface area contributed by atoms with Crippen LogP contribution in [0.25, 0.3) is 4.98 Å². The highest BCUT2D eigenvalue weighted by molar-refractivity contribution is 5.51. The molecule has 0 aliphatic heterocycles. The van der Waals surface area contributed by atoms with E-state index in [1.165, 1.54) is 12.1 Å². The van der Waals surface area contributed by atoms with Crippen molar-refractivity contribution in [2.75, 3.05) is 0 Å². The summed E-state index contributed by atoms with van der Waals surface area (Å²) in [5.41, 5.74) is 1.69. The molecule has 0 heterocycles. The van der Waals surface area contributed by atoms with Crippen LogP contribution in [0.3, 0.4) is 0 Å². The smallest absolute Gasteiger partial charge is 0.241 e. The summed E-state index contributed by atoms with van der Waals surface area (Å²) in [5, 5.41) is 25.1. The lowest BCUT2D eigenvalue weighted by atomic mass is 10.3. The average Bonchev–Trinajstić information content (AvgIpc) is 2.46. The van der Waals surface area contributed by atoms with Crippen LogP contribution in [0.5, 0.6) is 0 Å². The number of hydrogen-bond acceptors (Lipinski definition) is 4. The minimum atomic E-state index is -0.224. The zero-order valence-corrected chi connectivity index (χ0v) is 9.71. The fraction of sp³-hybridized carbons (Fsp3) is 0. The molecule has 0 fully saturated rings. The molecule has 0 aliphatic rings. The molecule has 0 saturated heterocycles. The quantitative estimate of drug-likeness (QED) is 0.500. The van der Waals surface area contributed by atoms with E-state index in [2.05, 4.69) is 15.2 Å². The minimum Gasteiger partial charge on any atom is -0.241 e. The summed E-state index contributed by atoms with van der Waals surface area (Å²) in [6, 6.07) is 12.5. The van der Waals surface area contributed by atoms with Crippen molar-refractivity contribution in [2.45, 2.75) is 0 Å². The highest BCUT2D eigenvalue weighted by Crippen LogP contribution is 2.22. The van der Waals surface area contributed by atoms with Gasteiger partial charge < -0.3 is 0 Å². The molecule has 0 unspecified atom stereocenters. The van der Waals surface area contributed by atoms with Crippen LogP contribution in [0.4, 0.5) is 22.7 Å². The Bertz CT molecular complexity index is 656. The van der Waals surface area contributed by atoms with Crippen LogP contribution >= 0.6 is 0 Å². The van der Waals surface area contributed by atoms with E-state index < -0.39 is 0 Å². The van der Waals surface area contributed by atoms with Gasteiger partial charge in [0.1, 0.15) is 0 Å². The zero-order valence-electron chi connectivity index (χ0n) is 9.71. The van der Waals surface area contributed by atoms with E-state index in [9.17, 15) is 4.91 Å². The summed E-state index contributed by atoms with van der Waals surface area (Å²) >= 11 is 0. The Hall–Kier alpha value is -3.14. The molecule has 1 N–H and O–H groups in total. The molecule has 0 aromatic heterocycles. The normalized spacial score (nSPS) is 10.3. The number of nitrogens with zero attached hydrogens (tertiary/aromatic N) is 5. The van der Waals surface area contributed by atoms with Gasteiger partial charge in [-0.05, 0) is 24.3 Å². The number of rotatable bonds is 3. The molecule has 0 bridgehead atoms. The summed E-state index contributed by atoms with van der Waals surface area (Å²) in [6.07, 6.45) is 0. The topological polar surface area (TPSA) is 93.2 Å². The van der Waals surface area contributed by atoms with Gasteiger partial charge in [0.2, 0.25) is 5.39 Å². The maximum atomic E-state index is 10.6. The molecule has 92 valence electrons. The number of diazo groups is 1. The van der Waals surface area contributed by atoms with Crippen molar-refractivity contribution in [1.29, 1.82) is 5.39 Å². The first-order valence-electron chi connectivity index (χ1n) is 5.32. The summed E-state index contributed by atoms with van der Waals surface area (Å²) in [6.45, 7) is 0. The van der Waals surface area contributed by atoms with Gasteiger partial charge in [-0.25, -0.2) is 5.21 Å². The van der Waals surface area contributed by atoms with Gasteiger partial charge in [0.15, 0.2) is 4.98 Å². The molecule has 2 aromatic rings. The van der Waals surface area contributed by atoms with Crippen LogP contribution in [0.1, 0.15) is 0 Å². The van der Waals surface area contributed by atoms with Gasteiger partial charge in [-0.3, -0.25) is 0 Å². The number of azo groups is 1. The molecule has 7 nitrogen and oxygen atoms in total. The lowest BCUT2D eigenvalue weighted by Crippen LogP contribution is -1.89. The second-order valence-electron chi connectivity index (χ2n) is 3.61. The standard InChI is InChI=1S/C12H9N5O2/c13-14-9-1-3-10(4-2-9)15-16-11-5-7-12(8-6-11)17(18)19/h1-8H,(H,18,19)/q+2/b16-15+. The fourth-order valence-electron chi connectivity index (χ4n) is 1.35. The van der Waals surface area contributed by atoms with Gasteiger partial charge >= 0.3 is 11.4 Å². The van der Waals surface area contributed by atoms with Crippen LogP contribution < -0.4 is 0 Å². The Morgan fingerprint density at radius 2 is 1.42 bits per heavy atom. The Labute approximate surface area is 108 Å². The van der Waals surface area contributed by atoms with Crippen molar-refractivity contribution in [3.8, 4) is 0 Å². The maximum absolute atomic E-state index is 10.6. The van der Waals surface area contributed by atoms with Crippen molar-refractivity contribution in [3.05, 3.63) is 58.4 Å². The predicted octanol–water partition coefficient (Wildman–Crippen LogP) is 4.39. The molecule has 2 rings (SSSR count). The molecule has 0 atom stereocenters. The van der Waals surface area contributed by atoms with Crippen LogP contribution in [0.2, 0.25) is 0 Å². The summed E-state index contributed by atoms with van der Waals surface area (Å²) in [4.78, 5) is 13.4. The monoisotopic (exact) mass is 255 g/mol. The van der Waals surface area contributed by atoms with Crippen molar-refractivity contribution < 1.29 is 10.1 Å². The van der Waals surface area contributed by atoms with E-state index in [0.717, 1.165) is 0 Å². The molecule has 0 spiro atoms. The fourth-order valence-corrected chi connectivity index (χ4v) is 1.35. The summed E-state index contributed by atoms with van der Waals surface area (Å²) in [7, 11) is 0. The SMILES string of the molecule is N#[N+]c1ccc(/N=N/c2ccc([N+](=O)O)cc2)cc1. The van der Waals surface area contributed by atoms with E-state index >= 15 is 0 Å². The van der Waals surface area contributed by atoms with E-state index in [1.807, 2.05) is 0 Å². The Morgan fingerprint density at radius 1 is 0.947 bits per heavy atom. The van der Waals surface area contributed by atoms with Gasteiger partial charge in [0.25, 0.3) is 4.92 Å². The van der Waals surface area contributed by atoms with Crippen LogP contribution in [0.15, 0.2) is 58.8 Å². The van der Waals surface area contributed by atoms with Crippen LogP contribution in [-0.4, -0.2) is 10.1 Å². The molecule has 0 aliphatic carbocycles. The largest absolute Gasteiger partial charge is 0.385 e. The molecule has 0 radical (unpaired) electrons.